The first-order chi connectivity index (χ1) is 7.42. The maximum absolute atomic E-state index is 10.6. The van der Waals surface area contributed by atoms with E-state index in [1.807, 2.05) is 0 Å². The predicted octanol–water partition coefficient (Wildman–Crippen LogP) is -1.25. The summed E-state index contributed by atoms with van der Waals surface area (Å²) in [5, 5.41) is 3.38. The molecule has 0 aromatic carbocycles. The summed E-state index contributed by atoms with van der Waals surface area (Å²) in [6.45, 7) is 7.01. The third-order valence-corrected chi connectivity index (χ3v) is 3.10. The Morgan fingerprint density at radius 2 is 2.13 bits per heavy atom. The molecular weight excluding hydrogens is 194 g/mol. The molecule has 0 aromatic heterocycles. The van der Waals surface area contributed by atoms with Crippen molar-refractivity contribution in [2.24, 2.45) is 0 Å². The number of nitrogens with one attached hydrogen (secondary N) is 1. The number of carbonyl (C=O) groups excluding carboxylic acids is 1. The van der Waals surface area contributed by atoms with Gasteiger partial charge < -0.3 is 14.8 Å². The Labute approximate surface area is 90.4 Å². The van der Waals surface area contributed by atoms with Gasteiger partial charge in [0.05, 0.1) is 25.9 Å². The smallest absolute Gasteiger partial charge is 0.134 e. The zero-order valence-corrected chi connectivity index (χ0v) is 9.02. The molecule has 2 aliphatic heterocycles. The summed E-state index contributed by atoms with van der Waals surface area (Å²) >= 11 is 0. The molecule has 0 spiro atoms. The maximum Gasteiger partial charge on any atom is 0.134 e. The molecule has 0 saturated carbocycles. The van der Waals surface area contributed by atoms with E-state index in [0.29, 0.717) is 12.7 Å². The fourth-order valence-electron chi connectivity index (χ4n) is 2.28. The molecule has 5 nitrogen and oxygen atoms in total. The molecule has 2 saturated heterocycles. The molecule has 2 rings (SSSR count). The molecule has 0 aromatic rings. The van der Waals surface area contributed by atoms with E-state index in [4.69, 9.17) is 4.74 Å². The van der Waals surface area contributed by atoms with Crippen molar-refractivity contribution in [2.75, 3.05) is 52.5 Å². The molecule has 1 atom stereocenters. The second-order valence-electron chi connectivity index (χ2n) is 3.99. The fourth-order valence-corrected chi connectivity index (χ4v) is 2.28. The lowest BCUT2D eigenvalue weighted by Gasteiger charge is -2.43. The Hall–Kier alpha value is -0.490. The average Bonchev–Trinajstić information content (AvgIpc) is 2.31. The van der Waals surface area contributed by atoms with E-state index in [2.05, 4.69) is 15.1 Å². The van der Waals surface area contributed by atoms with Gasteiger partial charge in [0.15, 0.2) is 0 Å². The van der Waals surface area contributed by atoms with Crippen molar-refractivity contribution in [1.82, 2.24) is 15.1 Å². The summed E-state index contributed by atoms with van der Waals surface area (Å²) in [6, 6.07) is 0. The van der Waals surface area contributed by atoms with Gasteiger partial charge in [-0.3, -0.25) is 9.80 Å². The number of aldehydes is 1. The number of carbonyl (C=O) groups is 1. The molecule has 0 bridgehead atoms. The highest BCUT2D eigenvalue weighted by Crippen LogP contribution is 2.10. The minimum atomic E-state index is 0.368. The van der Waals surface area contributed by atoms with Crippen LogP contribution < -0.4 is 5.32 Å². The lowest BCUT2D eigenvalue weighted by molar-refractivity contribution is -0.111. The van der Waals surface area contributed by atoms with Crippen molar-refractivity contribution < 1.29 is 9.53 Å². The Bertz CT molecular complexity index is 207. The Morgan fingerprint density at radius 3 is 2.87 bits per heavy atom. The average molecular weight is 213 g/mol. The largest absolute Gasteiger partial charge is 0.379 e. The van der Waals surface area contributed by atoms with E-state index in [0.717, 1.165) is 52.2 Å². The van der Waals surface area contributed by atoms with Crippen molar-refractivity contribution in [1.29, 1.82) is 0 Å². The minimum Gasteiger partial charge on any atom is -0.379 e. The van der Waals surface area contributed by atoms with Gasteiger partial charge in [-0.1, -0.05) is 0 Å². The summed E-state index contributed by atoms with van der Waals surface area (Å²) in [6.07, 6.45) is 1.37. The van der Waals surface area contributed by atoms with Gasteiger partial charge in [0, 0.05) is 32.7 Å². The van der Waals surface area contributed by atoms with Crippen LogP contribution in [0.3, 0.4) is 0 Å². The second-order valence-corrected chi connectivity index (χ2v) is 3.99. The van der Waals surface area contributed by atoms with Crippen molar-refractivity contribution in [2.45, 2.75) is 6.17 Å². The van der Waals surface area contributed by atoms with Crippen LogP contribution in [0.2, 0.25) is 0 Å². The maximum atomic E-state index is 10.6. The number of morpholine rings is 1. The quantitative estimate of drug-likeness (QED) is 0.593. The number of piperazine rings is 1. The van der Waals surface area contributed by atoms with E-state index in [-0.39, 0.29) is 0 Å². The summed E-state index contributed by atoms with van der Waals surface area (Å²) in [5.41, 5.74) is 0. The molecule has 0 aliphatic carbocycles. The lowest BCUT2D eigenvalue weighted by Crippen LogP contribution is -2.61. The van der Waals surface area contributed by atoms with Crippen LogP contribution >= 0.6 is 0 Å². The first-order valence-electron chi connectivity index (χ1n) is 5.62. The monoisotopic (exact) mass is 213 g/mol. The van der Waals surface area contributed by atoms with Crippen LogP contribution in [0.1, 0.15) is 0 Å². The molecule has 5 heteroatoms. The molecular formula is C10H19N3O2. The number of ether oxygens (including phenoxy) is 1. The van der Waals surface area contributed by atoms with Crippen molar-refractivity contribution >= 4 is 6.29 Å². The Balaban J connectivity index is 1.93. The first kappa shape index (κ1) is 11.0. The van der Waals surface area contributed by atoms with E-state index < -0.39 is 0 Å². The van der Waals surface area contributed by atoms with Gasteiger partial charge in [0.2, 0.25) is 0 Å². The summed E-state index contributed by atoms with van der Waals surface area (Å²) < 4.78 is 5.34. The molecule has 0 amide bonds. The van der Waals surface area contributed by atoms with Gasteiger partial charge in [-0.25, -0.2) is 0 Å². The third-order valence-electron chi connectivity index (χ3n) is 3.10. The molecule has 1 unspecified atom stereocenters. The Kier molecular flexibility index (Phi) is 4.08. The minimum absolute atomic E-state index is 0.368. The normalized spacial score (nSPS) is 30.3. The highest BCUT2D eigenvalue weighted by atomic mass is 16.5. The predicted molar refractivity (Wildman–Crippen MR) is 56.7 cm³/mol. The van der Waals surface area contributed by atoms with Crippen LogP contribution in [0.25, 0.3) is 0 Å². The van der Waals surface area contributed by atoms with Crippen LogP contribution in [-0.2, 0) is 9.53 Å². The van der Waals surface area contributed by atoms with Crippen molar-refractivity contribution in [3.8, 4) is 0 Å². The first-order valence-corrected chi connectivity index (χ1v) is 5.62. The highest BCUT2D eigenvalue weighted by Gasteiger charge is 2.28. The zero-order chi connectivity index (χ0) is 10.5. The van der Waals surface area contributed by atoms with Gasteiger partial charge in [-0.15, -0.1) is 0 Å². The number of hydrogen-bond acceptors (Lipinski definition) is 5. The number of nitrogens with zero attached hydrogens (tertiary/aromatic N) is 2. The van der Waals surface area contributed by atoms with E-state index in [1.54, 1.807) is 0 Å². The van der Waals surface area contributed by atoms with Gasteiger partial charge in [0.1, 0.15) is 6.29 Å². The third kappa shape index (κ3) is 2.75. The van der Waals surface area contributed by atoms with Crippen molar-refractivity contribution in [3.63, 3.8) is 0 Å². The lowest BCUT2D eigenvalue weighted by atomic mass is 10.2. The topological polar surface area (TPSA) is 44.8 Å². The Morgan fingerprint density at radius 1 is 1.33 bits per heavy atom. The molecule has 2 aliphatic rings. The SMILES string of the molecule is O=CCN1CCNCC1N1CCOCC1. The van der Waals surface area contributed by atoms with Crippen molar-refractivity contribution in [3.05, 3.63) is 0 Å². The van der Waals surface area contributed by atoms with Gasteiger partial charge in [-0.05, 0) is 0 Å². The van der Waals surface area contributed by atoms with E-state index >= 15 is 0 Å². The van der Waals surface area contributed by atoms with Crippen LogP contribution in [-0.4, -0.2) is 74.7 Å². The van der Waals surface area contributed by atoms with Gasteiger partial charge in [-0.2, -0.15) is 0 Å². The molecule has 86 valence electrons. The second kappa shape index (κ2) is 5.55. The van der Waals surface area contributed by atoms with Crippen LogP contribution in [0.15, 0.2) is 0 Å². The summed E-state index contributed by atoms with van der Waals surface area (Å²) in [4.78, 5) is 15.2. The van der Waals surface area contributed by atoms with Crippen LogP contribution in [0, 0.1) is 0 Å². The summed E-state index contributed by atoms with van der Waals surface area (Å²) in [7, 11) is 0. The standard InChI is InChI=1S/C10H19N3O2/c14-6-3-12-2-1-11-9-10(12)13-4-7-15-8-5-13/h6,10-11H,1-5,7-9H2. The van der Waals surface area contributed by atoms with Gasteiger partial charge in [0.25, 0.3) is 0 Å². The zero-order valence-electron chi connectivity index (χ0n) is 9.02. The highest BCUT2D eigenvalue weighted by molar-refractivity contribution is 5.52. The molecule has 15 heavy (non-hydrogen) atoms. The van der Waals surface area contributed by atoms with Crippen LogP contribution in [0.5, 0.6) is 0 Å². The van der Waals surface area contributed by atoms with Crippen LogP contribution in [0.4, 0.5) is 0 Å². The van der Waals surface area contributed by atoms with E-state index in [9.17, 15) is 4.79 Å². The number of rotatable bonds is 3. The molecule has 1 N–H and O–H groups in total. The molecule has 2 fully saturated rings. The van der Waals surface area contributed by atoms with Gasteiger partial charge >= 0.3 is 0 Å². The van der Waals surface area contributed by atoms with E-state index in [1.165, 1.54) is 0 Å². The number of hydrogen-bond donors (Lipinski definition) is 1. The molecule has 2 heterocycles. The summed E-state index contributed by atoms with van der Waals surface area (Å²) in [5.74, 6) is 0. The fraction of sp³-hybridized carbons (Fsp3) is 0.900. The molecule has 0 radical (unpaired) electrons.